The van der Waals surface area contributed by atoms with Crippen LogP contribution in [0.3, 0.4) is 0 Å². The van der Waals surface area contributed by atoms with Crippen molar-refractivity contribution in [2.45, 2.75) is 63.8 Å². The predicted molar refractivity (Wildman–Crippen MR) is 87.2 cm³/mol. The topological polar surface area (TPSA) is 24.4 Å². The normalized spacial score (nSPS) is 39.7. The van der Waals surface area contributed by atoms with Gasteiger partial charge in [-0.15, -0.1) is 0 Å². The van der Waals surface area contributed by atoms with E-state index < -0.39 is 0 Å². The fourth-order valence-corrected chi connectivity index (χ4v) is 5.32. The summed E-state index contributed by atoms with van der Waals surface area (Å²) >= 11 is 1.99. The van der Waals surface area contributed by atoms with Gasteiger partial charge in [0.25, 0.3) is 0 Å². The molecule has 0 radical (unpaired) electrons. The Balaban J connectivity index is 1.34. The first-order valence-corrected chi connectivity index (χ1v) is 9.68. The summed E-state index contributed by atoms with van der Waals surface area (Å²) in [7, 11) is 0. The zero-order valence-electron chi connectivity index (χ0n) is 12.7. The fraction of sp³-hybridized carbons (Fsp3) is 0.941. The molecule has 20 heavy (non-hydrogen) atoms. The van der Waals surface area contributed by atoms with E-state index in [4.69, 9.17) is 4.99 Å². The number of aliphatic imine (C=N–C) groups is 1. The van der Waals surface area contributed by atoms with Crippen molar-refractivity contribution in [3.8, 4) is 0 Å². The van der Waals surface area contributed by atoms with Gasteiger partial charge in [0.05, 0.1) is 0 Å². The number of amidine groups is 1. The summed E-state index contributed by atoms with van der Waals surface area (Å²) in [5.74, 6) is 5.18. The van der Waals surface area contributed by atoms with Gasteiger partial charge in [-0.2, -0.15) is 0 Å². The van der Waals surface area contributed by atoms with Gasteiger partial charge in [0, 0.05) is 17.8 Å². The van der Waals surface area contributed by atoms with Crippen LogP contribution in [-0.4, -0.2) is 23.0 Å². The highest BCUT2D eigenvalue weighted by Crippen LogP contribution is 2.49. The Morgan fingerprint density at radius 1 is 1.15 bits per heavy atom. The van der Waals surface area contributed by atoms with Gasteiger partial charge >= 0.3 is 0 Å². The third-order valence-electron chi connectivity index (χ3n) is 5.99. The largest absolute Gasteiger partial charge is 0.359 e. The van der Waals surface area contributed by atoms with Crippen molar-refractivity contribution in [2.24, 2.45) is 28.7 Å². The lowest BCUT2D eigenvalue weighted by atomic mass is 9.78. The number of hydrogen-bond acceptors (Lipinski definition) is 2. The molecule has 4 fully saturated rings. The highest BCUT2D eigenvalue weighted by Gasteiger charge is 2.42. The molecule has 0 aromatic carbocycles. The Kier molecular flexibility index (Phi) is 3.52. The Bertz CT molecular complexity index is 378. The van der Waals surface area contributed by atoms with E-state index in [1.54, 1.807) is 0 Å². The number of nitrogens with zero attached hydrogens (tertiary/aromatic N) is 1. The molecule has 1 spiro atoms. The van der Waals surface area contributed by atoms with Crippen molar-refractivity contribution >= 4 is 16.9 Å². The molecule has 0 atom stereocenters. The van der Waals surface area contributed by atoms with Crippen LogP contribution in [0, 0.1) is 23.7 Å². The van der Waals surface area contributed by atoms with Crippen LogP contribution in [0.25, 0.3) is 0 Å². The van der Waals surface area contributed by atoms with Crippen molar-refractivity contribution in [1.82, 2.24) is 5.32 Å². The zero-order chi connectivity index (χ0) is 13.6. The molecule has 0 aromatic rings. The third-order valence-corrected chi connectivity index (χ3v) is 7.19. The van der Waals surface area contributed by atoms with Crippen molar-refractivity contribution < 1.29 is 0 Å². The van der Waals surface area contributed by atoms with Crippen molar-refractivity contribution in [3.05, 3.63) is 0 Å². The average Bonchev–Trinajstić information content (AvgIpc) is 3.35. The van der Waals surface area contributed by atoms with Gasteiger partial charge in [0.2, 0.25) is 0 Å². The molecule has 1 heterocycles. The van der Waals surface area contributed by atoms with Crippen molar-refractivity contribution in [2.75, 3.05) is 12.3 Å². The van der Waals surface area contributed by atoms with Crippen molar-refractivity contribution in [1.29, 1.82) is 0 Å². The lowest BCUT2D eigenvalue weighted by molar-refractivity contribution is 0.250. The van der Waals surface area contributed by atoms with Crippen molar-refractivity contribution in [3.63, 3.8) is 0 Å². The molecule has 2 nitrogen and oxygen atoms in total. The second-order valence-electron chi connectivity index (χ2n) is 7.86. The second kappa shape index (κ2) is 5.23. The maximum absolute atomic E-state index is 4.98. The molecule has 0 aromatic heterocycles. The number of nitrogens with one attached hydrogen (secondary N) is 1. The molecule has 1 N–H and O–H groups in total. The fourth-order valence-electron chi connectivity index (χ4n) is 4.09. The van der Waals surface area contributed by atoms with Crippen LogP contribution in [0.1, 0.15) is 58.3 Å². The van der Waals surface area contributed by atoms with E-state index in [0.29, 0.717) is 5.54 Å². The predicted octanol–water partition coefficient (Wildman–Crippen LogP) is 4.06. The first-order chi connectivity index (χ1) is 9.74. The molecule has 0 unspecified atom stereocenters. The van der Waals surface area contributed by atoms with E-state index in [1.165, 1.54) is 62.3 Å². The smallest absolute Gasteiger partial charge is 0.157 e. The van der Waals surface area contributed by atoms with Crippen LogP contribution in [-0.2, 0) is 0 Å². The molecular formula is C17H28N2S. The zero-order valence-corrected chi connectivity index (χ0v) is 13.6. The molecule has 3 saturated carbocycles. The molecule has 112 valence electrons. The van der Waals surface area contributed by atoms with Gasteiger partial charge in [0.15, 0.2) is 5.17 Å². The third kappa shape index (κ3) is 2.88. The maximum Gasteiger partial charge on any atom is 0.157 e. The van der Waals surface area contributed by atoms with Crippen LogP contribution in [0.15, 0.2) is 4.99 Å². The summed E-state index contributed by atoms with van der Waals surface area (Å²) < 4.78 is 0. The molecule has 3 heteroatoms. The summed E-state index contributed by atoms with van der Waals surface area (Å²) in [6.45, 7) is 3.51. The average molecular weight is 292 g/mol. The summed E-state index contributed by atoms with van der Waals surface area (Å²) in [5.41, 5.74) is 0.407. The minimum absolute atomic E-state index is 0.407. The SMILES string of the molecule is CC1CCC2(CC1)CSC(=NCC(C1CC1)C1CC1)N2. The molecule has 1 saturated heterocycles. The standard InChI is InChI=1S/C17H28N2S/c1-12-6-8-17(9-7-12)11-20-16(19-17)18-10-15(13-2-3-13)14-4-5-14/h12-15H,2-11H2,1H3,(H,18,19). The van der Waals surface area contributed by atoms with Gasteiger partial charge < -0.3 is 5.32 Å². The van der Waals surface area contributed by atoms with Crippen LogP contribution in [0.2, 0.25) is 0 Å². The van der Waals surface area contributed by atoms with Crippen LogP contribution in [0.4, 0.5) is 0 Å². The monoisotopic (exact) mass is 292 g/mol. The summed E-state index contributed by atoms with van der Waals surface area (Å²) in [6, 6.07) is 0. The second-order valence-corrected chi connectivity index (χ2v) is 8.83. The highest BCUT2D eigenvalue weighted by molar-refractivity contribution is 8.14. The molecular weight excluding hydrogens is 264 g/mol. The quantitative estimate of drug-likeness (QED) is 0.845. The number of hydrogen-bond donors (Lipinski definition) is 1. The Labute approximate surface area is 127 Å². The number of thioether (sulfide) groups is 1. The van der Waals surface area contributed by atoms with Crippen LogP contribution < -0.4 is 5.32 Å². The van der Waals surface area contributed by atoms with E-state index in [-0.39, 0.29) is 0 Å². The minimum Gasteiger partial charge on any atom is -0.359 e. The molecule has 1 aliphatic heterocycles. The first-order valence-electron chi connectivity index (χ1n) is 8.70. The summed E-state index contributed by atoms with van der Waals surface area (Å²) in [5, 5.41) is 5.08. The van der Waals surface area contributed by atoms with E-state index in [9.17, 15) is 0 Å². The van der Waals surface area contributed by atoms with Gasteiger partial charge in [0.1, 0.15) is 0 Å². The van der Waals surface area contributed by atoms with E-state index in [0.717, 1.165) is 30.2 Å². The first kappa shape index (κ1) is 13.5. The minimum atomic E-state index is 0.407. The van der Waals surface area contributed by atoms with E-state index >= 15 is 0 Å². The van der Waals surface area contributed by atoms with Gasteiger partial charge in [-0.25, -0.2) is 0 Å². The summed E-state index contributed by atoms with van der Waals surface area (Å²) in [4.78, 5) is 4.98. The summed E-state index contributed by atoms with van der Waals surface area (Å²) in [6.07, 6.45) is 11.4. The van der Waals surface area contributed by atoms with E-state index in [2.05, 4.69) is 12.2 Å². The molecule has 0 amide bonds. The maximum atomic E-state index is 4.98. The van der Waals surface area contributed by atoms with Crippen LogP contribution >= 0.6 is 11.8 Å². The number of rotatable bonds is 4. The van der Waals surface area contributed by atoms with Gasteiger partial charge in [-0.05, 0) is 75.0 Å². The molecule has 4 aliphatic rings. The lowest BCUT2D eigenvalue weighted by Gasteiger charge is -2.35. The highest BCUT2D eigenvalue weighted by atomic mass is 32.2. The Morgan fingerprint density at radius 3 is 2.40 bits per heavy atom. The Morgan fingerprint density at radius 2 is 1.80 bits per heavy atom. The Hall–Kier alpha value is -0.180. The van der Waals surface area contributed by atoms with Gasteiger partial charge in [-0.1, -0.05) is 18.7 Å². The lowest BCUT2D eigenvalue weighted by Crippen LogP contribution is -2.46. The van der Waals surface area contributed by atoms with E-state index in [1.807, 2.05) is 11.8 Å². The molecule has 3 aliphatic carbocycles. The van der Waals surface area contributed by atoms with Gasteiger partial charge in [-0.3, -0.25) is 4.99 Å². The molecule has 4 rings (SSSR count). The van der Waals surface area contributed by atoms with Crippen LogP contribution in [0.5, 0.6) is 0 Å². The molecule has 0 bridgehead atoms.